The quantitative estimate of drug-likeness (QED) is 0.183. The van der Waals surface area contributed by atoms with Gasteiger partial charge in [0.1, 0.15) is 22.6 Å². The van der Waals surface area contributed by atoms with Gasteiger partial charge in [-0.25, -0.2) is 9.59 Å². The van der Waals surface area contributed by atoms with Crippen LogP contribution in [0, 0.1) is 0 Å². The van der Waals surface area contributed by atoms with Crippen molar-refractivity contribution in [2.24, 2.45) is 0 Å². The molecular formula is C31H30N2O10. The minimum absolute atomic E-state index is 0.00282. The molecule has 0 spiro atoms. The molecule has 0 aliphatic carbocycles. The number of benzene rings is 2. The number of esters is 2. The summed E-state index contributed by atoms with van der Waals surface area (Å²) in [5, 5.41) is 26.5. The van der Waals surface area contributed by atoms with Gasteiger partial charge in [0.25, 0.3) is 11.8 Å². The number of carbonyl (C=O) groups excluding carboxylic acids is 4. The van der Waals surface area contributed by atoms with Gasteiger partial charge in [0.2, 0.25) is 0 Å². The van der Waals surface area contributed by atoms with Crippen molar-refractivity contribution in [3.05, 3.63) is 93.8 Å². The average molecular weight is 591 g/mol. The summed E-state index contributed by atoms with van der Waals surface area (Å²) in [6.07, 6.45) is 0.320. The predicted molar refractivity (Wildman–Crippen MR) is 153 cm³/mol. The Kier molecular flexibility index (Phi) is 9.19. The van der Waals surface area contributed by atoms with Gasteiger partial charge in [-0.2, -0.15) is 0 Å². The molecule has 0 radical (unpaired) electrons. The second-order valence-corrected chi connectivity index (χ2v) is 9.46. The normalized spacial score (nSPS) is 16.9. The lowest BCUT2D eigenvalue weighted by Crippen LogP contribution is -2.31. The molecule has 2 aliphatic rings. The highest BCUT2D eigenvalue weighted by Crippen LogP contribution is 2.35. The molecule has 224 valence electrons. The first-order chi connectivity index (χ1) is 20.6. The molecule has 0 fully saturated rings. The van der Waals surface area contributed by atoms with Crippen LogP contribution in [0.3, 0.4) is 0 Å². The van der Waals surface area contributed by atoms with Crippen LogP contribution in [0.1, 0.15) is 31.4 Å². The minimum atomic E-state index is -0.790. The Morgan fingerprint density at radius 2 is 1.02 bits per heavy atom. The fourth-order valence-corrected chi connectivity index (χ4v) is 4.30. The number of amides is 2. The van der Waals surface area contributed by atoms with Gasteiger partial charge >= 0.3 is 11.9 Å². The first-order valence-corrected chi connectivity index (χ1v) is 13.2. The van der Waals surface area contributed by atoms with E-state index in [9.17, 15) is 29.4 Å². The molecule has 0 aromatic heterocycles. The van der Waals surface area contributed by atoms with E-state index in [-0.39, 0.29) is 46.9 Å². The van der Waals surface area contributed by atoms with E-state index in [0.717, 1.165) is 0 Å². The fraction of sp³-hybridized carbons (Fsp3) is 0.226. The van der Waals surface area contributed by atoms with Crippen molar-refractivity contribution in [2.75, 3.05) is 27.3 Å². The number of hydrogen-bond acceptors (Lipinski definition) is 10. The number of rotatable bonds is 10. The van der Waals surface area contributed by atoms with Crippen LogP contribution in [0.4, 0.5) is 0 Å². The summed E-state index contributed by atoms with van der Waals surface area (Å²) in [6.45, 7) is 3.10. The third-order valence-electron chi connectivity index (χ3n) is 6.75. The third-order valence-corrected chi connectivity index (χ3v) is 6.75. The standard InChI is InChI=1S/C31H30N2O10/c1-16(26-24(34)22(30(38)42-26)18-6-10-20(40-3)11-7-18)28(36)32-14-5-15-33-29(37)17(2)27-25(35)23(31(39)43-27)19-8-12-21(41-4)13-9-19/h6-13,34-35H,5,14-15H2,1-4H3,(H,32,36)(H,33,37)/b26-16+,27-17+. The van der Waals surface area contributed by atoms with E-state index in [0.29, 0.717) is 29.0 Å². The molecule has 0 bridgehead atoms. The maximum atomic E-state index is 12.6. The number of cyclic esters (lactones) is 2. The molecule has 12 heteroatoms. The SMILES string of the molecule is COc1ccc(C2=C(O)/C(=C(/C)C(=O)NCCCNC(=O)/C(C)=C3/OC(=O)C(c4ccc(OC)cc4)=C3O)OC2=O)cc1. The van der Waals surface area contributed by atoms with Crippen molar-refractivity contribution >= 4 is 34.9 Å². The highest BCUT2D eigenvalue weighted by Gasteiger charge is 2.35. The topological polar surface area (TPSA) is 170 Å². The number of hydrogen-bond donors (Lipinski definition) is 4. The lowest BCUT2D eigenvalue weighted by molar-refractivity contribution is -0.132. The van der Waals surface area contributed by atoms with Crippen molar-refractivity contribution in [3.63, 3.8) is 0 Å². The van der Waals surface area contributed by atoms with Crippen LogP contribution in [0.25, 0.3) is 11.1 Å². The molecule has 0 saturated carbocycles. The molecule has 12 nitrogen and oxygen atoms in total. The van der Waals surface area contributed by atoms with Gasteiger partial charge in [0.15, 0.2) is 23.0 Å². The van der Waals surface area contributed by atoms with Crippen LogP contribution in [-0.4, -0.2) is 61.3 Å². The largest absolute Gasteiger partial charge is 0.504 e. The van der Waals surface area contributed by atoms with Gasteiger partial charge in [-0.1, -0.05) is 24.3 Å². The van der Waals surface area contributed by atoms with E-state index in [2.05, 4.69) is 10.6 Å². The monoisotopic (exact) mass is 590 g/mol. The van der Waals surface area contributed by atoms with Gasteiger partial charge in [0, 0.05) is 13.1 Å². The van der Waals surface area contributed by atoms with Crippen LogP contribution < -0.4 is 20.1 Å². The molecule has 4 N–H and O–H groups in total. The molecule has 2 amide bonds. The Morgan fingerprint density at radius 3 is 1.35 bits per heavy atom. The number of ether oxygens (including phenoxy) is 4. The number of methoxy groups -OCH3 is 2. The van der Waals surface area contributed by atoms with E-state index >= 15 is 0 Å². The van der Waals surface area contributed by atoms with Gasteiger partial charge in [0.05, 0.1) is 25.4 Å². The number of nitrogens with one attached hydrogen (secondary N) is 2. The maximum absolute atomic E-state index is 12.6. The van der Waals surface area contributed by atoms with Crippen LogP contribution in [0.15, 0.2) is 82.7 Å². The molecule has 0 saturated heterocycles. The van der Waals surface area contributed by atoms with Crippen LogP contribution in [-0.2, 0) is 28.7 Å². The van der Waals surface area contributed by atoms with E-state index in [1.54, 1.807) is 48.5 Å². The molecular weight excluding hydrogens is 560 g/mol. The van der Waals surface area contributed by atoms with Gasteiger partial charge in [-0.15, -0.1) is 0 Å². The second-order valence-electron chi connectivity index (χ2n) is 9.46. The van der Waals surface area contributed by atoms with Crippen molar-refractivity contribution in [2.45, 2.75) is 20.3 Å². The Hall–Kier alpha value is -5.52. The van der Waals surface area contributed by atoms with E-state index in [4.69, 9.17) is 18.9 Å². The first-order valence-electron chi connectivity index (χ1n) is 13.2. The van der Waals surface area contributed by atoms with Crippen LogP contribution in [0.2, 0.25) is 0 Å². The molecule has 2 aromatic rings. The Bertz CT molecular complexity index is 1480. The summed E-state index contributed by atoms with van der Waals surface area (Å²) in [5.41, 5.74) is 0.666. The third kappa shape index (κ3) is 6.38. The summed E-state index contributed by atoms with van der Waals surface area (Å²) >= 11 is 0. The minimum Gasteiger partial charge on any atom is -0.504 e. The first kappa shape index (κ1) is 30.4. The summed E-state index contributed by atoms with van der Waals surface area (Å²) in [6, 6.07) is 12.9. The zero-order valence-corrected chi connectivity index (χ0v) is 23.9. The summed E-state index contributed by atoms with van der Waals surface area (Å²) in [5.74, 6) is -2.96. The second kappa shape index (κ2) is 13.0. The highest BCUT2D eigenvalue weighted by molar-refractivity contribution is 6.21. The zero-order chi connectivity index (χ0) is 31.3. The van der Waals surface area contributed by atoms with E-state index < -0.39 is 35.3 Å². The molecule has 2 aliphatic heterocycles. The molecule has 2 aromatic carbocycles. The summed E-state index contributed by atoms with van der Waals surface area (Å²) in [4.78, 5) is 50.1. The molecule has 0 atom stereocenters. The van der Waals surface area contributed by atoms with Crippen LogP contribution >= 0.6 is 0 Å². The lowest BCUT2D eigenvalue weighted by Gasteiger charge is -2.09. The van der Waals surface area contributed by atoms with E-state index in [1.807, 2.05) is 0 Å². The summed E-state index contributed by atoms with van der Waals surface area (Å²) < 4.78 is 20.5. The molecule has 43 heavy (non-hydrogen) atoms. The number of aliphatic hydroxyl groups is 2. The molecule has 4 rings (SSSR count). The highest BCUT2D eigenvalue weighted by atomic mass is 16.6. The summed E-state index contributed by atoms with van der Waals surface area (Å²) in [7, 11) is 3.01. The average Bonchev–Trinajstić information content (AvgIpc) is 3.48. The maximum Gasteiger partial charge on any atom is 0.348 e. The lowest BCUT2D eigenvalue weighted by atomic mass is 10.0. The van der Waals surface area contributed by atoms with Crippen molar-refractivity contribution in [1.82, 2.24) is 10.6 Å². The Labute approximate surface area is 246 Å². The van der Waals surface area contributed by atoms with Gasteiger partial charge in [-0.05, 0) is 55.7 Å². The Morgan fingerprint density at radius 1 is 0.674 bits per heavy atom. The fourth-order valence-electron chi connectivity index (χ4n) is 4.30. The van der Waals surface area contributed by atoms with Crippen molar-refractivity contribution in [1.29, 1.82) is 0 Å². The number of carbonyl (C=O) groups is 4. The molecule has 0 unspecified atom stereocenters. The smallest absolute Gasteiger partial charge is 0.348 e. The zero-order valence-electron chi connectivity index (χ0n) is 23.9. The van der Waals surface area contributed by atoms with Crippen molar-refractivity contribution in [3.8, 4) is 11.5 Å². The molecule has 2 heterocycles. The Balaban J connectivity index is 1.32. The predicted octanol–water partition coefficient (Wildman–Crippen LogP) is 3.23. The van der Waals surface area contributed by atoms with Gasteiger partial charge in [-0.3, -0.25) is 9.59 Å². The van der Waals surface area contributed by atoms with E-state index in [1.165, 1.54) is 28.1 Å². The van der Waals surface area contributed by atoms with Crippen LogP contribution in [0.5, 0.6) is 11.5 Å². The number of aliphatic hydroxyl groups excluding tert-OH is 2. The van der Waals surface area contributed by atoms with Gasteiger partial charge < -0.3 is 39.8 Å². The van der Waals surface area contributed by atoms with Crippen molar-refractivity contribution < 1.29 is 48.3 Å².